The molecule has 2 rings (SSSR count). The van der Waals surface area contributed by atoms with Crippen LogP contribution in [0.15, 0.2) is 54.6 Å². The molecule has 0 aliphatic rings. The van der Waals surface area contributed by atoms with Crippen molar-refractivity contribution in [2.24, 2.45) is 0 Å². The smallest absolute Gasteiger partial charge is 0.244 e. The number of nitrogens with zero attached hydrogens (tertiary/aromatic N) is 2. The van der Waals surface area contributed by atoms with Crippen molar-refractivity contribution in [3.8, 4) is 0 Å². The molecule has 0 bridgehead atoms. The van der Waals surface area contributed by atoms with Crippen LogP contribution in [0.3, 0.4) is 0 Å². The minimum absolute atomic E-state index is 0.147. The molecule has 1 atom stereocenters. The lowest BCUT2D eigenvalue weighted by Crippen LogP contribution is -2.51. The number of halogens is 1. The second kappa shape index (κ2) is 10.4. The van der Waals surface area contributed by atoms with Crippen molar-refractivity contribution in [1.29, 1.82) is 0 Å². The number of likely N-dealkylation sites (N-methyl/N-ethyl adjacent to an activating group) is 1. The zero-order valence-corrected chi connectivity index (χ0v) is 18.8. The van der Waals surface area contributed by atoms with E-state index in [1.807, 2.05) is 0 Å². The number of rotatable bonds is 9. The van der Waals surface area contributed by atoms with Gasteiger partial charge >= 0.3 is 0 Å². The molecule has 0 saturated carbocycles. The standard InChI is InChI=1S/C21H26ClN3O4S/c1-4-19(21(27)23-2)24(14-16-10-12-17(22)13-11-16)20(26)15-25(30(3,28)29)18-8-6-5-7-9-18/h5-13,19H,4,14-15H2,1-3H3,(H,23,27)/t19-/m0/s1. The molecule has 162 valence electrons. The van der Waals surface area contributed by atoms with Gasteiger partial charge in [0.05, 0.1) is 11.9 Å². The number of hydrogen-bond acceptors (Lipinski definition) is 4. The second-order valence-electron chi connectivity index (χ2n) is 6.79. The van der Waals surface area contributed by atoms with Gasteiger partial charge in [0, 0.05) is 18.6 Å². The Morgan fingerprint density at radius 1 is 1.07 bits per heavy atom. The Morgan fingerprint density at radius 3 is 2.17 bits per heavy atom. The van der Waals surface area contributed by atoms with E-state index in [0.717, 1.165) is 16.1 Å². The molecule has 0 fully saturated rings. The maximum Gasteiger partial charge on any atom is 0.244 e. The summed E-state index contributed by atoms with van der Waals surface area (Å²) in [6.45, 7) is 1.53. The van der Waals surface area contributed by atoms with Crippen molar-refractivity contribution < 1.29 is 18.0 Å². The number of carbonyl (C=O) groups is 2. The van der Waals surface area contributed by atoms with E-state index in [0.29, 0.717) is 17.1 Å². The summed E-state index contributed by atoms with van der Waals surface area (Å²) in [4.78, 5) is 27.1. The maximum absolute atomic E-state index is 13.3. The number of benzene rings is 2. The summed E-state index contributed by atoms with van der Waals surface area (Å²) in [7, 11) is -2.21. The van der Waals surface area contributed by atoms with Crippen LogP contribution < -0.4 is 9.62 Å². The average Bonchev–Trinajstić information content (AvgIpc) is 2.72. The van der Waals surface area contributed by atoms with E-state index in [1.165, 1.54) is 11.9 Å². The quantitative estimate of drug-likeness (QED) is 0.635. The molecule has 2 aromatic carbocycles. The molecule has 0 unspecified atom stereocenters. The number of nitrogens with one attached hydrogen (secondary N) is 1. The molecule has 30 heavy (non-hydrogen) atoms. The predicted octanol–water partition coefficient (Wildman–Crippen LogP) is 2.66. The third-order valence-corrected chi connectivity index (χ3v) is 6.01. The second-order valence-corrected chi connectivity index (χ2v) is 9.13. The van der Waals surface area contributed by atoms with Crippen LogP contribution in [0.25, 0.3) is 0 Å². The van der Waals surface area contributed by atoms with Gasteiger partial charge in [0.1, 0.15) is 12.6 Å². The molecule has 2 amide bonds. The van der Waals surface area contributed by atoms with Gasteiger partial charge < -0.3 is 10.2 Å². The molecule has 2 aromatic rings. The highest BCUT2D eigenvalue weighted by molar-refractivity contribution is 7.92. The molecule has 1 N–H and O–H groups in total. The Labute approximate surface area is 182 Å². The Morgan fingerprint density at radius 2 is 1.67 bits per heavy atom. The van der Waals surface area contributed by atoms with E-state index in [1.54, 1.807) is 61.5 Å². The summed E-state index contributed by atoms with van der Waals surface area (Å²) in [5.74, 6) is -0.792. The minimum atomic E-state index is -3.72. The van der Waals surface area contributed by atoms with E-state index >= 15 is 0 Å². The third kappa shape index (κ3) is 6.21. The highest BCUT2D eigenvalue weighted by atomic mass is 35.5. The van der Waals surface area contributed by atoms with Crippen LogP contribution >= 0.6 is 11.6 Å². The first-order chi connectivity index (χ1) is 14.2. The van der Waals surface area contributed by atoms with E-state index in [2.05, 4.69) is 5.32 Å². The van der Waals surface area contributed by atoms with Crippen LogP contribution in [0.4, 0.5) is 5.69 Å². The van der Waals surface area contributed by atoms with Crippen LogP contribution in [0.1, 0.15) is 18.9 Å². The van der Waals surface area contributed by atoms with Crippen molar-refractivity contribution in [2.75, 3.05) is 24.2 Å². The molecular weight excluding hydrogens is 426 g/mol. The molecular formula is C21H26ClN3O4S. The molecule has 0 aromatic heterocycles. The zero-order chi connectivity index (χ0) is 22.3. The first kappa shape index (κ1) is 23.7. The maximum atomic E-state index is 13.3. The lowest BCUT2D eigenvalue weighted by atomic mass is 10.1. The monoisotopic (exact) mass is 451 g/mol. The average molecular weight is 452 g/mol. The fraction of sp³-hybridized carbons (Fsp3) is 0.333. The number of hydrogen-bond donors (Lipinski definition) is 1. The number of sulfonamides is 1. The highest BCUT2D eigenvalue weighted by Crippen LogP contribution is 2.19. The molecule has 0 saturated heterocycles. The normalized spacial score (nSPS) is 12.1. The van der Waals surface area contributed by atoms with Crippen LogP contribution in [0, 0.1) is 0 Å². The van der Waals surface area contributed by atoms with E-state index < -0.39 is 28.5 Å². The number of para-hydroxylation sites is 1. The molecule has 7 nitrogen and oxygen atoms in total. The van der Waals surface area contributed by atoms with Crippen LogP contribution in [-0.4, -0.2) is 51.0 Å². The molecule has 0 aliphatic heterocycles. The van der Waals surface area contributed by atoms with Gasteiger partial charge in [-0.3, -0.25) is 13.9 Å². The van der Waals surface area contributed by atoms with Gasteiger partial charge in [-0.05, 0) is 36.2 Å². The Bertz CT molecular complexity index is 966. The van der Waals surface area contributed by atoms with Crippen LogP contribution in [0.2, 0.25) is 5.02 Å². The first-order valence-electron chi connectivity index (χ1n) is 9.45. The molecule has 0 radical (unpaired) electrons. The fourth-order valence-corrected chi connectivity index (χ4v) is 4.06. The van der Waals surface area contributed by atoms with Gasteiger partial charge in [0.25, 0.3) is 0 Å². The minimum Gasteiger partial charge on any atom is -0.357 e. The van der Waals surface area contributed by atoms with Crippen molar-refractivity contribution >= 4 is 39.1 Å². The summed E-state index contributed by atoms with van der Waals surface area (Å²) >= 11 is 5.94. The summed E-state index contributed by atoms with van der Waals surface area (Å²) in [6.07, 6.45) is 1.43. The third-order valence-electron chi connectivity index (χ3n) is 4.62. The molecule has 9 heteroatoms. The summed E-state index contributed by atoms with van der Waals surface area (Å²) in [5.41, 5.74) is 1.16. The van der Waals surface area contributed by atoms with Gasteiger partial charge in [-0.15, -0.1) is 0 Å². The van der Waals surface area contributed by atoms with Crippen LogP contribution in [-0.2, 0) is 26.2 Å². The Balaban J connectivity index is 2.38. The van der Waals surface area contributed by atoms with Gasteiger partial charge in [-0.2, -0.15) is 0 Å². The van der Waals surface area contributed by atoms with Crippen molar-refractivity contribution in [3.63, 3.8) is 0 Å². The number of anilines is 1. The van der Waals surface area contributed by atoms with E-state index in [9.17, 15) is 18.0 Å². The van der Waals surface area contributed by atoms with E-state index in [4.69, 9.17) is 11.6 Å². The van der Waals surface area contributed by atoms with Gasteiger partial charge in [0.15, 0.2) is 0 Å². The summed E-state index contributed by atoms with van der Waals surface area (Å²) < 4.78 is 25.8. The predicted molar refractivity (Wildman–Crippen MR) is 119 cm³/mol. The largest absolute Gasteiger partial charge is 0.357 e. The number of carbonyl (C=O) groups excluding carboxylic acids is 2. The topological polar surface area (TPSA) is 86.8 Å². The molecule has 0 heterocycles. The molecule has 0 spiro atoms. The zero-order valence-electron chi connectivity index (χ0n) is 17.2. The lowest BCUT2D eigenvalue weighted by molar-refractivity contribution is -0.140. The Hall–Kier alpha value is -2.58. The molecule has 0 aliphatic carbocycles. The number of amides is 2. The van der Waals surface area contributed by atoms with Crippen molar-refractivity contribution in [2.45, 2.75) is 25.9 Å². The van der Waals surface area contributed by atoms with Crippen molar-refractivity contribution in [1.82, 2.24) is 10.2 Å². The van der Waals surface area contributed by atoms with Gasteiger partial charge in [0.2, 0.25) is 21.8 Å². The SMILES string of the molecule is CC[C@@H](C(=O)NC)N(Cc1ccc(Cl)cc1)C(=O)CN(c1ccccc1)S(C)(=O)=O. The van der Waals surface area contributed by atoms with E-state index in [-0.39, 0.29) is 12.5 Å². The summed E-state index contributed by atoms with van der Waals surface area (Å²) in [6, 6.07) is 14.6. The first-order valence-corrected chi connectivity index (χ1v) is 11.7. The van der Waals surface area contributed by atoms with Gasteiger partial charge in [-0.25, -0.2) is 8.42 Å². The van der Waals surface area contributed by atoms with Gasteiger partial charge in [-0.1, -0.05) is 48.9 Å². The lowest BCUT2D eigenvalue weighted by Gasteiger charge is -2.32. The van der Waals surface area contributed by atoms with Crippen molar-refractivity contribution in [3.05, 3.63) is 65.2 Å². The highest BCUT2D eigenvalue weighted by Gasteiger charge is 2.31. The Kier molecular flexibility index (Phi) is 8.25. The summed E-state index contributed by atoms with van der Waals surface area (Å²) in [5, 5.41) is 3.13. The fourth-order valence-electron chi connectivity index (χ4n) is 3.08. The van der Waals surface area contributed by atoms with Crippen LogP contribution in [0.5, 0.6) is 0 Å².